The Labute approximate surface area is 139 Å². The van der Waals surface area contributed by atoms with Gasteiger partial charge in [-0.15, -0.1) is 11.3 Å². The minimum absolute atomic E-state index is 0.0425. The van der Waals surface area contributed by atoms with Crippen LogP contribution in [0.1, 0.15) is 6.92 Å². The monoisotopic (exact) mass is 347 g/mol. The minimum Gasteiger partial charge on any atom is -0.322 e. The molecule has 0 spiro atoms. The molecule has 6 nitrogen and oxygen atoms in total. The van der Waals surface area contributed by atoms with Crippen molar-refractivity contribution in [3.05, 3.63) is 62.4 Å². The Balaban J connectivity index is 2.00. The Bertz CT molecular complexity index is 1030. The molecule has 0 atom stereocenters. The van der Waals surface area contributed by atoms with Crippen molar-refractivity contribution in [3.8, 4) is 0 Å². The Hall–Kier alpha value is -2.74. The Kier molecular flexibility index (Phi) is 4.30. The highest BCUT2D eigenvalue weighted by Gasteiger charge is 2.16. The lowest BCUT2D eigenvalue weighted by Crippen LogP contribution is -2.40. The smallest absolute Gasteiger partial charge is 0.322 e. The number of nitrogens with one attached hydrogen (secondary N) is 1. The summed E-state index contributed by atoms with van der Waals surface area (Å²) in [6.45, 7) is 1.59. The van der Waals surface area contributed by atoms with Gasteiger partial charge in [0.2, 0.25) is 5.91 Å². The molecule has 8 heteroatoms. The standard InChI is InChI=1S/C16H14FN3O3S/c1-2-19-15(22)14-12(7-8-24-14)20(16(19)23)9-13(21)18-11-6-4-3-5-10(11)17/h3-8H,2,9H2,1H3,(H,18,21). The number of nitrogens with zero attached hydrogens (tertiary/aromatic N) is 2. The first-order valence-electron chi connectivity index (χ1n) is 7.28. The molecule has 3 rings (SSSR count). The molecule has 3 aromatic rings. The normalized spacial score (nSPS) is 10.9. The molecule has 0 radical (unpaired) electrons. The quantitative estimate of drug-likeness (QED) is 0.785. The van der Waals surface area contributed by atoms with Gasteiger partial charge < -0.3 is 5.32 Å². The van der Waals surface area contributed by atoms with Crippen LogP contribution in [0.2, 0.25) is 0 Å². The number of fused-ring (bicyclic) bond motifs is 1. The van der Waals surface area contributed by atoms with E-state index in [0.717, 1.165) is 4.57 Å². The number of hydrogen-bond acceptors (Lipinski definition) is 4. The molecule has 1 aromatic carbocycles. The summed E-state index contributed by atoms with van der Waals surface area (Å²) in [5.74, 6) is -1.10. The predicted molar refractivity (Wildman–Crippen MR) is 91.0 cm³/mol. The topological polar surface area (TPSA) is 73.1 Å². The fourth-order valence-electron chi connectivity index (χ4n) is 2.46. The summed E-state index contributed by atoms with van der Waals surface area (Å²) in [5.41, 5.74) is -0.473. The van der Waals surface area contributed by atoms with Crippen LogP contribution in [0.15, 0.2) is 45.3 Å². The maximum Gasteiger partial charge on any atom is 0.331 e. The van der Waals surface area contributed by atoms with Gasteiger partial charge in [-0.1, -0.05) is 12.1 Å². The molecule has 2 heterocycles. The van der Waals surface area contributed by atoms with Gasteiger partial charge in [0.25, 0.3) is 5.56 Å². The van der Waals surface area contributed by atoms with Crippen molar-refractivity contribution in [1.82, 2.24) is 9.13 Å². The van der Waals surface area contributed by atoms with Crippen LogP contribution in [0.5, 0.6) is 0 Å². The van der Waals surface area contributed by atoms with E-state index in [1.54, 1.807) is 24.4 Å². The molecule has 0 aliphatic carbocycles. The van der Waals surface area contributed by atoms with E-state index in [9.17, 15) is 18.8 Å². The highest BCUT2D eigenvalue weighted by atomic mass is 32.1. The number of carbonyl (C=O) groups is 1. The first-order chi connectivity index (χ1) is 11.5. The van der Waals surface area contributed by atoms with Crippen LogP contribution < -0.4 is 16.6 Å². The molecule has 0 aliphatic heterocycles. The van der Waals surface area contributed by atoms with E-state index in [2.05, 4.69) is 5.32 Å². The lowest BCUT2D eigenvalue weighted by molar-refractivity contribution is -0.116. The maximum atomic E-state index is 13.6. The number of halogens is 1. The predicted octanol–water partition coefficient (Wildman–Crippen LogP) is 2.02. The number of amides is 1. The second kappa shape index (κ2) is 6.40. The number of hydrogen-bond donors (Lipinski definition) is 1. The molecular formula is C16H14FN3O3S. The lowest BCUT2D eigenvalue weighted by atomic mass is 10.3. The molecule has 1 N–H and O–H groups in total. The molecular weight excluding hydrogens is 333 g/mol. The first-order valence-corrected chi connectivity index (χ1v) is 8.16. The molecule has 0 bridgehead atoms. The van der Waals surface area contributed by atoms with Gasteiger partial charge in [0.05, 0.1) is 11.2 Å². The molecule has 24 heavy (non-hydrogen) atoms. The number of benzene rings is 1. The van der Waals surface area contributed by atoms with Crippen LogP contribution in [0.4, 0.5) is 10.1 Å². The van der Waals surface area contributed by atoms with Crippen LogP contribution >= 0.6 is 11.3 Å². The van der Waals surface area contributed by atoms with Gasteiger partial charge >= 0.3 is 5.69 Å². The zero-order valence-corrected chi connectivity index (χ0v) is 13.6. The molecule has 0 fully saturated rings. The fourth-order valence-corrected chi connectivity index (χ4v) is 3.30. The van der Waals surface area contributed by atoms with Crippen molar-refractivity contribution in [2.45, 2.75) is 20.0 Å². The molecule has 0 saturated heterocycles. The Morgan fingerprint density at radius 3 is 2.67 bits per heavy atom. The number of rotatable bonds is 4. The summed E-state index contributed by atoms with van der Waals surface area (Å²) in [6.07, 6.45) is 0. The maximum absolute atomic E-state index is 13.6. The van der Waals surface area contributed by atoms with E-state index < -0.39 is 17.4 Å². The molecule has 1 amide bonds. The summed E-state index contributed by atoms with van der Waals surface area (Å²) < 4.78 is 16.3. The zero-order valence-electron chi connectivity index (χ0n) is 12.8. The molecule has 0 aliphatic rings. The van der Waals surface area contributed by atoms with Gasteiger partial charge in [-0.3, -0.25) is 18.7 Å². The summed E-state index contributed by atoms with van der Waals surface area (Å²) in [5, 5.41) is 4.13. The lowest BCUT2D eigenvalue weighted by Gasteiger charge is -2.11. The Morgan fingerprint density at radius 1 is 1.21 bits per heavy atom. The second-order valence-electron chi connectivity index (χ2n) is 5.08. The first kappa shape index (κ1) is 16.1. The third-order valence-electron chi connectivity index (χ3n) is 3.60. The van der Waals surface area contributed by atoms with Crippen molar-refractivity contribution < 1.29 is 9.18 Å². The number of thiophene rings is 1. The number of aromatic nitrogens is 2. The Morgan fingerprint density at radius 2 is 1.96 bits per heavy atom. The highest BCUT2D eigenvalue weighted by Crippen LogP contribution is 2.16. The summed E-state index contributed by atoms with van der Waals surface area (Å²) in [4.78, 5) is 36.9. The van der Waals surface area contributed by atoms with E-state index in [1.165, 1.54) is 34.1 Å². The molecule has 0 unspecified atom stereocenters. The van der Waals surface area contributed by atoms with E-state index in [4.69, 9.17) is 0 Å². The van der Waals surface area contributed by atoms with Crippen molar-refractivity contribution in [1.29, 1.82) is 0 Å². The van der Waals surface area contributed by atoms with Gasteiger partial charge in [-0.2, -0.15) is 0 Å². The van der Waals surface area contributed by atoms with Crippen molar-refractivity contribution >= 4 is 33.1 Å². The molecule has 0 saturated carbocycles. The number of anilines is 1. The van der Waals surface area contributed by atoms with Gasteiger partial charge in [0.15, 0.2) is 0 Å². The number of para-hydroxylation sites is 1. The van der Waals surface area contributed by atoms with Crippen LogP contribution in [0.25, 0.3) is 10.2 Å². The van der Waals surface area contributed by atoms with E-state index in [0.29, 0.717) is 10.2 Å². The average Bonchev–Trinajstić information content (AvgIpc) is 3.04. The SMILES string of the molecule is CCn1c(=O)c2sccc2n(CC(=O)Nc2ccccc2F)c1=O. The summed E-state index contributed by atoms with van der Waals surface area (Å²) in [7, 11) is 0. The van der Waals surface area contributed by atoms with E-state index in [1.807, 2.05) is 0 Å². The van der Waals surface area contributed by atoms with Crippen molar-refractivity contribution in [2.75, 3.05) is 5.32 Å². The molecule has 2 aromatic heterocycles. The van der Waals surface area contributed by atoms with Crippen LogP contribution in [-0.4, -0.2) is 15.0 Å². The van der Waals surface area contributed by atoms with Crippen molar-refractivity contribution in [3.63, 3.8) is 0 Å². The molecule has 124 valence electrons. The summed E-state index contributed by atoms with van der Waals surface area (Å²) >= 11 is 1.22. The number of carbonyl (C=O) groups excluding carboxylic acids is 1. The fraction of sp³-hybridized carbons (Fsp3) is 0.188. The third kappa shape index (κ3) is 2.76. The minimum atomic E-state index is -0.558. The average molecular weight is 347 g/mol. The zero-order chi connectivity index (χ0) is 17.3. The summed E-state index contributed by atoms with van der Waals surface area (Å²) in [6, 6.07) is 7.40. The van der Waals surface area contributed by atoms with Crippen molar-refractivity contribution in [2.24, 2.45) is 0 Å². The van der Waals surface area contributed by atoms with Crippen LogP contribution in [0, 0.1) is 5.82 Å². The van der Waals surface area contributed by atoms with E-state index in [-0.39, 0.29) is 24.3 Å². The highest BCUT2D eigenvalue weighted by molar-refractivity contribution is 7.17. The second-order valence-corrected chi connectivity index (χ2v) is 6.00. The van der Waals surface area contributed by atoms with Gasteiger partial charge in [0.1, 0.15) is 17.1 Å². The van der Waals surface area contributed by atoms with Gasteiger partial charge in [0, 0.05) is 6.54 Å². The van der Waals surface area contributed by atoms with Crippen LogP contribution in [-0.2, 0) is 17.9 Å². The third-order valence-corrected chi connectivity index (χ3v) is 4.49. The van der Waals surface area contributed by atoms with E-state index >= 15 is 0 Å². The van der Waals surface area contributed by atoms with Crippen LogP contribution in [0.3, 0.4) is 0 Å². The largest absolute Gasteiger partial charge is 0.331 e. The van der Waals surface area contributed by atoms with Gasteiger partial charge in [-0.05, 0) is 30.5 Å². The van der Waals surface area contributed by atoms with Gasteiger partial charge in [-0.25, -0.2) is 9.18 Å².